The van der Waals surface area contributed by atoms with Crippen molar-refractivity contribution in [3.05, 3.63) is 15.8 Å². The molecule has 22 heavy (non-hydrogen) atoms. The van der Waals surface area contributed by atoms with Crippen LogP contribution in [0, 0.1) is 12.8 Å². The first-order valence-corrected chi connectivity index (χ1v) is 8.17. The summed E-state index contributed by atoms with van der Waals surface area (Å²) in [5.74, 6) is 0.603. The van der Waals surface area contributed by atoms with Gasteiger partial charge in [-0.25, -0.2) is 0 Å². The zero-order chi connectivity index (χ0) is 15.9. The SMILES string of the molecule is COc1cc(C)sc1C(=O)N[C@H]1[C@H]2CCO[C@H]2[C@@H]1NC(C)=O. The number of hydrogen-bond donors (Lipinski definition) is 2. The molecule has 1 saturated heterocycles. The summed E-state index contributed by atoms with van der Waals surface area (Å²) >= 11 is 1.41. The van der Waals surface area contributed by atoms with Crippen LogP contribution in [0.15, 0.2) is 6.07 Å². The number of hydrogen-bond acceptors (Lipinski definition) is 5. The van der Waals surface area contributed by atoms with Gasteiger partial charge < -0.3 is 20.1 Å². The average molecular weight is 324 g/mol. The maximum atomic E-state index is 12.5. The van der Waals surface area contributed by atoms with Crippen LogP contribution in [0.25, 0.3) is 0 Å². The molecule has 2 heterocycles. The fourth-order valence-corrected chi connectivity index (χ4v) is 4.21. The predicted octanol–water partition coefficient (Wildman–Crippen LogP) is 1.09. The average Bonchev–Trinajstić information content (AvgIpc) is 3.05. The topological polar surface area (TPSA) is 76.7 Å². The van der Waals surface area contributed by atoms with E-state index in [4.69, 9.17) is 9.47 Å². The molecule has 4 atom stereocenters. The fourth-order valence-electron chi connectivity index (χ4n) is 3.33. The summed E-state index contributed by atoms with van der Waals surface area (Å²) in [7, 11) is 1.56. The highest BCUT2D eigenvalue weighted by Gasteiger charge is 2.55. The third-order valence-corrected chi connectivity index (χ3v) is 5.33. The van der Waals surface area contributed by atoms with Gasteiger partial charge in [0.1, 0.15) is 10.6 Å². The zero-order valence-corrected chi connectivity index (χ0v) is 13.7. The molecule has 2 N–H and O–H groups in total. The van der Waals surface area contributed by atoms with Gasteiger partial charge >= 0.3 is 0 Å². The second-order valence-corrected chi connectivity index (χ2v) is 7.02. The monoisotopic (exact) mass is 324 g/mol. The van der Waals surface area contributed by atoms with Gasteiger partial charge in [0.05, 0.1) is 25.3 Å². The van der Waals surface area contributed by atoms with E-state index in [1.165, 1.54) is 18.3 Å². The van der Waals surface area contributed by atoms with E-state index >= 15 is 0 Å². The van der Waals surface area contributed by atoms with E-state index < -0.39 is 0 Å². The van der Waals surface area contributed by atoms with Crippen molar-refractivity contribution in [2.45, 2.75) is 38.5 Å². The van der Waals surface area contributed by atoms with Crippen LogP contribution in [-0.4, -0.2) is 43.7 Å². The van der Waals surface area contributed by atoms with Crippen molar-refractivity contribution in [3.63, 3.8) is 0 Å². The molecule has 3 rings (SSSR count). The third-order valence-electron chi connectivity index (χ3n) is 4.30. The van der Waals surface area contributed by atoms with Crippen LogP contribution in [0.2, 0.25) is 0 Å². The highest BCUT2D eigenvalue weighted by molar-refractivity contribution is 7.14. The van der Waals surface area contributed by atoms with Gasteiger partial charge in [0.2, 0.25) is 5.91 Å². The Balaban J connectivity index is 1.73. The molecule has 2 fully saturated rings. The van der Waals surface area contributed by atoms with Crippen molar-refractivity contribution in [2.24, 2.45) is 5.92 Å². The van der Waals surface area contributed by atoms with E-state index in [1.807, 2.05) is 13.0 Å². The largest absolute Gasteiger partial charge is 0.495 e. The third kappa shape index (κ3) is 2.59. The van der Waals surface area contributed by atoms with Crippen LogP contribution >= 0.6 is 11.3 Å². The number of methoxy groups -OCH3 is 1. The van der Waals surface area contributed by atoms with Crippen LogP contribution in [-0.2, 0) is 9.53 Å². The normalized spacial score (nSPS) is 29.4. The Morgan fingerprint density at radius 2 is 2.14 bits per heavy atom. The molecule has 7 heteroatoms. The van der Waals surface area contributed by atoms with Crippen LogP contribution in [0.4, 0.5) is 0 Å². The minimum Gasteiger partial charge on any atom is -0.495 e. The molecule has 0 aromatic carbocycles. The van der Waals surface area contributed by atoms with Gasteiger partial charge in [-0.3, -0.25) is 9.59 Å². The first-order chi connectivity index (χ1) is 10.5. The first-order valence-electron chi connectivity index (χ1n) is 7.35. The number of aryl methyl sites for hydroxylation is 1. The van der Waals surface area contributed by atoms with Gasteiger partial charge in [0.25, 0.3) is 5.91 Å². The van der Waals surface area contributed by atoms with E-state index in [-0.39, 0.29) is 35.9 Å². The molecule has 2 aliphatic rings. The number of thiophene rings is 1. The number of nitrogens with one attached hydrogen (secondary N) is 2. The number of carbonyl (C=O) groups is 2. The standard InChI is InChI=1S/C15H20N2O4S/c1-7-6-10(20-3)14(22-7)15(19)17-11-9-4-5-21-13(9)12(11)16-8(2)18/h6,9,11-13H,4-5H2,1-3H3,(H,16,18)(H,17,19)/t9-,11+,12-,13-/m1/s1. The summed E-state index contributed by atoms with van der Waals surface area (Å²) in [5, 5.41) is 5.93. The van der Waals surface area contributed by atoms with E-state index in [9.17, 15) is 9.59 Å². The number of carbonyl (C=O) groups excluding carboxylic acids is 2. The predicted molar refractivity (Wildman–Crippen MR) is 82.3 cm³/mol. The lowest BCUT2D eigenvalue weighted by molar-refractivity contribution is -0.123. The molecule has 0 radical (unpaired) electrons. The molecule has 1 aliphatic heterocycles. The number of ether oxygens (including phenoxy) is 2. The van der Waals surface area contributed by atoms with E-state index in [0.717, 1.165) is 11.3 Å². The number of fused-ring (bicyclic) bond motifs is 1. The lowest BCUT2D eigenvalue weighted by Crippen LogP contribution is -2.70. The lowest BCUT2D eigenvalue weighted by atomic mass is 9.71. The number of rotatable bonds is 4. The molecular formula is C15H20N2O4S. The van der Waals surface area contributed by atoms with Crippen molar-refractivity contribution in [1.29, 1.82) is 0 Å². The number of amides is 2. The molecule has 1 aliphatic carbocycles. The first kappa shape index (κ1) is 15.3. The van der Waals surface area contributed by atoms with Gasteiger partial charge in [-0.2, -0.15) is 0 Å². The highest BCUT2D eigenvalue weighted by atomic mass is 32.1. The van der Waals surface area contributed by atoms with Gasteiger partial charge in [-0.05, 0) is 19.4 Å². The molecule has 1 saturated carbocycles. The van der Waals surface area contributed by atoms with Crippen molar-refractivity contribution in [3.8, 4) is 5.75 Å². The maximum Gasteiger partial charge on any atom is 0.265 e. The summed E-state index contributed by atoms with van der Waals surface area (Å²) < 4.78 is 10.9. The van der Waals surface area contributed by atoms with E-state index in [1.54, 1.807) is 7.11 Å². The van der Waals surface area contributed by atoms with E-state index in [0.29, 0.717) is 17.2 Å². The summed E-state index contributed by atoms with van der Waals surface area (Å²) in [6, 6.07) is 1.62. The van der Waals surface area contributed by atoms with Gasteiger partial charge in [0, 0.05) is 24.3 Å². The molecule has 0 unspecified atom stereocenters. The van der Waals surface area contributed by atoms with Crippen molar-refractivity contribution in [2.75, 3.05) is 13.7 Å². The highest BCUT2D eigenvalue weighted by Crippen LogP contribution is 2.39. The quantitative estimate of drug-likeness (QED) is 0.869. The second kappa shape index (κ2) is 5.89. The Kier molecular flexibility index (Phi) is 4.10. The summed E-state index contributed by atoms with van der Waals surface area (Å²) in [4.78, 5) is 25.5. The molecule has 2 amide bonds. The molecule has 0 spiro atoms. The Morgan fingerprint density at radius 1 is 1.36 bits per heavy atom. The minimum atomic E-state index is -0.152. The van der Waals surface area contributed by atoms with Crippen molar-refractivity contribution < 1.29 is 19.1 Å². The fraction of sp³-hybridized carbons (Fsp3) is 0.600. The summed E-state index contributed by atoms with van der Waals surface area (Å²) in [5.41, 5.74) is 0. The van der Waals surface area contributed by atoms with E-state index in [2.05, 4.69) is 10.6 Å². The molecule has 6 nitrogen and oxygen atoms in total. The Labute approximate surface area is 133 Å². The maximum absolute atomic E-state index is 12.5. The second-order valence-electron chi connectivity index (χ2n) is 5.77. The minimum absolute atomic E-state index is 0.0150. The van der Waals surface area contributed by atoms with Crippen molar-refractivity contribution >= 4 is 23.2 Å². The van der Waals surface area contributed by atoms with Gasteiger partial charge in [-0.15, -0.1) is 11.3 Å². The molecule has 1 aromatic rings. The molecule has 1 aromatic heterocycles. The Bertz CT molecular complexity index is 600. The Hall–Kier alpha value is -1.60. The van der Waals surface area contributed by atoms with Crippen LogP contribution in [0.1, 0.15) is 27.9 Å². The Morgan fingerprint density at radius 3 is 2.82 bits per heavy atom. The van der Waals surface area contributed by atoms with Gasteiger partial charge in [-0.1, -0.05) is 0 Å². The lowest BCUT2D eigenvalue weighted by Gasteiger charge is -2.47. The summed E-state index contributed by atoms with van der Waals surface area (Å²) in [6.07, 6.45) is 0.924. The van der Waals surface area contributed by atoms with Crippen LogP contribution in [0.3, 0.4) is 0 Å². The van der Waals surface area contributed by atoms with Gasteiger partial charge in [0.15, 0.2) is 0 Å². The van der Waals surface area contributed by atoms with Crippen LogP contribution < -0.4 is 15.4 Å². The molecule has 120 valence electrons. The molecule has 0 bridgehead atoms. The van der Waals surface area contributed by atoms with Crippen molar-refractivity contribution in [1.82, 2.24) is 10.6 Å². The van der Waals surface area contributed by atoms with Crippen LogP contribution in [0.5, 0.6) is 5.75 Å². The zero-order valence-electron chi connectivity index (χ0n) is 12.8. The molecular weight excluding hydrogens is 304 g/mol. The smallest absolute Gasteiger partial charge is 0.265 e. The summed E-state index contributed by atoms with van der Waals surface area (Å²) in [6.45, 7) is 4.10.